The number of hydrogen-bond donors (Lipinski definition) is 0. The van der Waals surface area contributed by atoms with E-state index < -0.39 is 5.54 Å². The van der Waals surface area contributed by atoms with Crippen molar-refractivity contribution in [1.29, 1.82) is 0 Å². The first-order chi connectivity index (χ1) is 16.6. The summed E-state index contributed by atoms with van der Waals surface area (Å²) in [5.74, 6) is 0.477. The minimum Gasteiger partial charge on any atom is -0.491 e. The molecule has 4 rings (SSSR count). The minimum absolute atomic E-state index is 0.00707. The van der Waals surface area contributed by atoms with Crippen molar-refractivity contribution in [2.75, 3.05) is 19.7 Å². The Labute approximate surface area is 216 Å². The maximum absolute atomic E-state index is 13.7. The molecule has 0 spiro atoms. The molecule has 0 saturated carbocycles. The molecule has 184 valence electrons. The van der Waals surface area contributed by atoms with Crippen molar-refractivity contribution < 1.29 is 14.3 Å². The lowest BCUT2D eigenvalue weighted by Crippen LogP contribution is -2.53. The van der Waals surface area contributed by atoms with Crippen molar-refractivity contribution in [2.24, 2.45) is 0 Å². The van der Waals surface area contributed by atoms with Gasteiger partial charge in [-0.05, 0) is 87.5 Å². The van der Waals surface area contributed by atoms with Crippen LogP contribution >= 0.6 is 22.9 Å². The second-order valence-corrected chi connectivity index (χ2v) is 11.3. The monoisotopic (exact) mass is 510 g/mol. The molecule has 1 aliphatic heterocycles. The molecule has 2 aromatic carbocycles. The van der Waals surface area contributed by atoms with Gasteiger partial charge in [-0.3, -0.25) is 9.59 Å². The number of carbonyl (C=O) groups is 2. The SMILES string of the molecule is Cc1ccc(C(=O)N(CC(=O)N2CCc3sccc3[C@@H]2COc2ccc(Cl)cc2)C(C)(C)C)cc1. The van der Waals surface area contributed by atoms with Gasteiger partial charge in [0.1, 0.15) is 18.9 Å². The van der Waals surface area contributed by atoms with Crippen molar-refractivity contribution in [1.82, 2.24) is 9.80 Å². The van der Waals surface area contributed by atoms with Gasteiger partial charge in [0.2, 0.25) is 5.91 Å². The second kappa shape index (κ2) is 10.4. The average molecular weight is 511 g/mol. The van der Waals surface area contributed by atoms with Crippen LogP contribution in [0.4, 0.5) is 0 Å². The predicted molar refractivity (Wildman–Crippen MR) is 141 cm³/mol. The molecule has 0 radical (unpaired) electrons. The van der Waals surface area contributed by atoms with Gasteiger partial charge in [0.05, 0.1) is 6.04 Å². The number of fused-ring (bicyclic) bond motifs is 1. The Morgan fingerprint density at radius 2 is 1.77 bits per heavy atom. The lowest BCUT2D eigenvalue weighted by atomic mass is 9.99. The number of carbonyl (C=O) groups excluding carboxylic acids is 2. The Kier molecular flexibility index (Phi) is 7.53. The molecule has 7 heteroatoms. The summed E-state index contributed by atoms with van der Waals surface area (Å²) < 4.78 is 6.08. The van der Waals surface area contributed by atoms with Crippen LogP contribution in [-0.4, -0.2) is 46.8 Å². The standard InChI is InChI=1S/C28H31ClN2O3S/c1-19-5-7-20(8-6-19)27(33)31(28(2,3)4)17-26(32)30-15-13-25-23(14-16-35-25)24(30)18-34-22-11-9-21(29)10-12-22/h5-12,14,16,24H,13,15,17-18H2,1-4H3/t24-/m0/s1. The van der Waals surface area contributed by atoms with E-state index in [-0.39, 0.29) is 24.4 Å². The number of rotatable bonds is 6. The summed E-state index contributed by atoms with van der Waals surface area (Å²) in [6.45, 7) is 8.80. The molecule has 1 aromatic heterocycles. The molecule has 1 atom stereocenters. The third-order valence-corrected chi connectivity index (χ3v) is 7.53. The van der Waals surface area contributed by atoms with E-state index in [0.29, 0.717) is 29.5 Å². The van der Waals surface area contributed by atoms with Crippen molar-refractivity contribution >= 4 is 34.8 Å². The molecule has 0 fully saturated rings. The quantitative estimate of drug-likeness (QED) is 0.399. The molecule has 3 aromatic rings. The summed E-state index contributed by atoms with van der Waals surface area (Å²) in [4.78, 5) is 31.9. The largest absolute Gasteiger partial charge is 0.491 e. The maximum Gasteiger partial charge on any atom is 0.254 e. The van der Waals surface area contributed by atoms with Gasteiger partial charge in [-0.15, -0.1) is 11.3 Å². The highest BCUT2D eigenvalue weighted by atomic mass is 35.5. The first-order valence-corrected chi connectivity index (χ1v) is 13.0. The first-order valence-electron chi connectivity index (χ1n) is 11.8. The molecule has 2 heterocycles. The Morgan fingerprint density at radius 3 is 2.43 bits per heavy atom. The van der Waals surface area contributed by atoms with Crippen molar-refractivity contribution in [2.45, 2.75) is 45.7 Å². The van der Waals surface area contributed by atoms with Crippen LogP contribution in [0.3, 0.4) is 0 Å². The molecule has 0 N–H and O–H groups in total. The van der Waals surface area contributed by atoms with Crippen LogP contribution in [0.5, 0.6) is 5.75 Å². The number of ether oxygens (including phenoxy) is 1. The third kappa shape index (κ3) is 5.88. The van der Waals surface area contributed by atoms with Gasteiger partial charge in [-0.1, -0.05) is 29.3 Å². The smallest absolute Gasteiger partial charge is 0.254 e. The summed E-state index contributed by atoms with van der Waals surface area (Å²) in [5, 5.41) is 2.71. The van der Waals surface area contributed by atoms with E-state index in [2.05, 4.69) is 11.4 Å². The van der Waals surface area contributed by atoms with Gasteiger partial charge in [0.15, 0.2) is 0 Å². The molecule has 2 amide bonds. The summed E-state index contributed by atoms with van der Waals surface area (Å²) in [5.41, 5.74) is 2.27. The Hall–Kier alpha value is -2.83. The second-order valence-electron chi connectivity index (χ2n) is 9.85. The Balaban J connectivity index is 1.55. The zero-order valence-corrected chi connectivity index (χ0v) is 22.2. The molecule has 0 unspecified atom stereocenters. The van der Waals surface area contributed by atoms with E-state index in [1.54, 1.807) is 28.4 Å². The van der Waals surface area contributed by atoms with Gasteiger partial charge in [0, 0.05) is 27.5 Å². The summed E-state index contributed by atoms with van der Waals surface area (Å²) >= 11 is 7.71. The fraction of sp³-hybridized carbons (Fsp3) is 0.357. The zero-order valence-electron chi connectivity index (χ0n) is 20.6. The lowest BCUT2D eigenvalue weighted by Gasteiger charge is -2.40. The van der Waals surface area contributed by atoms with E-state index in [4.69, 9.17) is 16.3 Å². The number of aryl methyl sites for hydroxylation is 1. The fourth-order valence-electron chi connectivity index (χ4n) is 4.27. The average Bonchev–Trinajstić information content (AvgIpc) is 3.30. The van der Waals surface area contributed by atoms with Crippen LogP contribution in [-0.2, 0) is 11.2 Å². The maximum atomic E-state index is 13.7. The molecule has 0 aliphatic carbocycles. The highest BCUT2D eigenvalue weighted by Crippen LogP contribution is 2.34. The first kappa shape index (κ1) is 25.3. The van der Waals surface area contributed by atoms with E-state index in [1.165, 1.54) is 4.88 Å². The van der Waals surface area contributed by atoms with E-state index in [9.17, 15) is 9.59 Å². The normalized spacial score (nSPS) is 15.5. The van der Waals surface area contributed by atoms with Crippen LogP contribution < -0.4 is 4.74 Å². The van der Waals surface area contributed by atoms with Crippen molar-refractivity contribution in [3.63, 3.8) is 0 Å². The number of thiophene rings is 1. The highest BCUT2D eigenvalue weighted by Gasteiger charge is 2.36. The lowest BCUT2D eigenvalue weighted by molar-refractivity contribution is -0.136. The molecular formula is C28H31ClN2O3S. The predicted octanol–water partition coefficient (Wildman–Crippen LogP) is 6.16. The van der Waals surface area contributed by atoms with Gasteiger partial charge in [0.25, 0.3) is 5.91 Å². The van der Waals surface area contributed by atoms with E-state index >= 15 is 0 Å². The molecule has 0 saturated heterocycles. The summed E-state index contributed by atoms with van der Waals surface area (Å²) in [6, 6.07) is 16.6. The number of benzene rings is 2. The molecule has 35 heavy (non-hydrogen) atoms. The van der Waals surface area contributed by atoms with Gasteiger partial charge < -0.3 is 14.5 Å². The molecule has 0 bridgehead atoms. The Morgan fingerprint density at radius 1 is 1.09 bits per heavy atom. The minimum atomic E-state index is -0.518. The van der Waals surface area contributed by atoms with Crippen LogP contribution in [0.25, 0.3) is 0 Å². The number of hydrogen-bond acceptors (Lipinski definition) is 4. The Bertz CT molecular complexity index is 1180. The molecule has 1 aliphatic rings. The van der Waals surface area contributed by atoms with E-state index in [0.717, 1.165) is 17.5 Å². The van der Waals surface area contributed by atoms with Crippen LogP contribution in [0.2, 0.25) is 5.02 Å². The number of amides is 2. The van der Waals surface area contributed by atoms with Crippen molar-refractivity contribution in [3.05, 3.63) is 86.6 Å². The van der Waals surface area contributed by atoms with Gasteiger partial charge >= 0.3 is 0 Å². The highest BCUT2D eigenvalue weighted by molar-refractivity contribution is 7.10. The summed E-state index contributed by atoms with van der Waals surface area (Å²) in [7, 11) is 0. The van der Waals surface area contributed by atoms with Crippen LogP contribution in [0.15, 0.2) is 60.0 Å². The van der Waals surface area contributed by atoms with Gasteiger partial charge in [-0.25, -0.2) is 0 Å². The molecule has 5 nitrogen and oxygen atoms in total. The van der Waals surface area contributed by atoms with Gasteiger partial charge in [-0.2, -0.15) is 0 Å². The van der Waals surface area contributed by atoms with Crippen molar-refractivity contribution in [3.8, 4) is 5.75 Å². The fourth-order valence-corrected chi connectivity index (χ4v) is 5.33. The van der Waals surface area contributed by atoms with Crippen LogP contribution in [0, 0.1) is 6.92 Å². The summed E-state index contributed by atoms with van der Waals surface area (Å²) in [6.07, 6.45) is 0.803. The topological polar surface area (TPSA) is 49.9 Å². The van der Waals surface area contributed by atoms with E-state index in [1.807, 2.05) is 69.0 Å². The molecular weight excluding hydrogens is 480 g/mol. The number of nitrogens with zero attached hydrogens (tertiary/aromatic N) is 2. The third-order valence-electron chi connectivity index (χ3n) is 6.28. The zero-order chi connectivity index (χ0) is 25.2. The van der Waals surface area contributed by atoms with Crippen LogP contribution in [0.1, 0.15) is 53.2 Å². The number of halogens is 1.